The van der Waals surface area contributed by atoms with E-state index in [2.05, 4.69) is 20.7 Å². The van der Waals surface area contributed by atoms with Crippen LogP contribution in [-0.4, -0.2) is 35.7 Å². The van der Waals surface area contributed by atoms with Crippen LogP contribution in [-0.2, 0) is 11.0 Å². The van der Waals surface area contributed by atoms with Crippen LogP contribution in [0.1, 0.15) is 35.7 Å². The van der Waals surface area contributed by atoms with Gasteiger partial charge in [-0.25, -0.2) is 9.99 Å². The van der Waals surface area contributed by atoms with Gasteiger partial charge in [0.15, 0.2) is 0 Å². The zero-order valence-corrected chi connectivity index (χ0v) is 19.2. The van der Waals surface area contributed by atoms with Crippen molar-refractivity contribution in [2.75, 3.05) is 16.9 Å². The molecule has 0 spiro atoms. The standard InChI is InChI=1S/C22H21ClF3N7O2/c1-13(31-19(34)14-6-15(22(24,25)26)8-16(23)7-14)10-33(30-12-28)18-3-2-17(9-29-18)32-20(35)21(11-27)4-5-21/h2-3,6-9,12-13H,4-5,10H2,1H3,(H2,28,30)(H,31,34)(H,32,35). The lowest BCUT2D eigenvalue weighted by Crippen LogP contribution is -2.41. The summed E-state index contributed by atoms with van der Waals surface area (Å²) in [6, 6.07) is 7.14. The van der Waals surface area contributed by atoms with Crippen LogP contribution in [0, 0.1) is 16.7 Å². The molecule has 2 amide bonds. The van der Waals surface area contributed by atoms with Gasteiger partial charge in [-0.15, -0.1) is 0 Å². The van der Waals surface area contributed by atoms with E-state index in [1.807, 2.05) is 6.07 Å². The van der Waals surface area contributed by atoms with Gasteiger partial charge in [0.05, 0.1) is 30.1 Å². The molecule has 35 heavy (non-hydrogen) atoms. The van der Waals surface area contributed by atoms with Crippen molar-refractivity contribution >= 4 is 41.3 Å². The van der Waals surface area contributed by atoms with E-state index in [1.165, 1.54) is 11.2 Å². The lowest BCUT2D eigenvalue weighted by Gasteiger charge is -2.23. The smallest absolute Gasteiger partial charge is 0.388 e. The Balaban J connectivity index is 1.66. The molecule has 1 heterocycles. The number of rotatable bonds is 8. The lowest BCUT2D eigenvalue weighted by molar-refractivity contribution is -0.137. The molecule has 4 N–H and O–H groups in total. The number of nitrogens with two attached hydrogens (primary N) is 1. The van der Waals surface area contributed by atoms with Gasteiger partial charge in [0.25, 0.3) is 5.91 Å². The van der Waals surface area contributed by atoms with Gasteiger partial charge in [0.2, 0.25) is 5.91 Å². The predicted octanol–water partition coefficient (Wildman–Crippen LogP) is 3.52. The van der Waals surface area contributed by atoms with E-state index in [0.29, 0.717) is 24.3 Å². The highest BCUT2D eigenvalue weighted by molar-refractivity contribution is 6.31. The Morgan fingerprint density at radius 1 is 1.37 bits per heavy atom. The molecule has 0 bridgehead atoms. The number of hydrogen-bond donors (Lipinski definition) is 3. The fourth-order valence-electron chi connectivity index (χ4n) is 3.15. The van der Waals surface area contributed by atoms with Crippen LogP contribution >= 0.6 is 11.6 Å². The fourth-order valence-corrected chi connectivity index (χ4v) is 3.39. The zero-order chi connectivity index (χ0) is 25.8. The Hall–Kier alpha value is -3.85. The van der Waals surface area contributed by atoms with Gasteiger partial charge in [-0.05, 0) is 50.1 Å². The summed E-state index contributed by atoms with van der Waals surface area (Å²) >= 11 is 5.75. The molecule has 0 radical (unpaired) electrons. The first kappa shape index (κ1) is 25.8. The third kappa shape index (κ3) is 6.39. The van der Waals surface area contributed by atoms with Gasteiger partial charge >= 0.3 is 6.18 Å². The molecule has 1 atom stereocenters. The monoisotopic (exact) mass is 507 g/mol. The molecule has 1 aliphatic carbocycles. The first-order valence-electron chi connectivity index (χ1n) is 10.4. The molecule has 1 saturated carbocycles. The summed E-state index contributed by atoms with van der Waals surface area (Å²) in [5.41, 5.74) is 3.55. The van der Waals surface area contributed by atoms with Crippen molar-refractivity contribution in [3.63, 3.8) is 0 Å². The van der Waals surface area contributed by atoms with Gasteiger partial charge in [-0.1, -0.05) is 11.6 Å². The highest BCUT2D eigenvalue weighted by atomic mass is 35.5. The average Bonchev–Trinajstić information content (AvgIpc) is 3.60. The second kappa shape index (κ2) is 10.2. The van der Waals surface area contributed by atoms with Crippen molar-refractivity contribution in [1.29, 1.82) is 5.26 Å². The van der Waals surface area contributed by atoms with Gasteiger partial charge in [-0.3, -0.25) is 9.59 Å². The Labute approximate surface area is 203 Å². The third-order valence-electron chi connectivity index (χ3n) is 5.19. The van der Waals surface area contributed by atoms with Crippen molar-refractivity contribution in [3.8, 4) is 6.07 Å². The fraction of sp³-hybridized carbons (Fsp3) is 0.318. The Bertz CT molecular complexity index is 1180. The number of anilines is 2. The molecule has 1 unspecified atom stereocenters. The van der Waals surface area contributed by atoms with Gasteiger partial charge < -0.3 is 16.4 Å². The highest BCUT2D eigenvalue weighted by Gasteiger charge is 2.50. The number of benzene rings is 1. The maximum atomic E-state index is 13.0. The summed E-state index contributed by atoms with van der Waals surface area (Å²) in [7, 11) is 0. The van der Waals surface area contributed by atoms with Crippen LogP contribution in [0.3, 0.4) is 0 Å². The molecular formula is C22H21ClF3N7O2. The van der Waals surface area contributed by atoms with Crippen molar-refractivity contribution in [1.82, 2.24) is 10.3 Å². The van der Waals surface area contributed by atoms with E-state index in [9.17, 15) is 22.8 Å². The molecule has 1 aromatic carbocycles. The number of amides is 2. The minimum Gasteiger partial charge on any atom is -0.388 e. The van der Waals surface area contributed by atoms with Crippen molar-refractivity contribution < 1.29 is 22.8 Å². The molecule has 184 valence electrons. The van der Waals surface area contributed by atoms with E-state index >= 15 is 0 Å². The van der Waals surface area contributed by atoms with Crippen molar-refractivity contribution in [2.45, 2.75) is 32.0 Å². The molecule has 3 rings (SSSR count). The predicted molar refractivity (Wildman–Crippen MR) is 124 cm³/mol. The van der Waals surface area contributed by atoms with Crippen LogP contribution in [0.2, 0.25) is 5.02 Å². The Kier molecular flexibility index (Phi) is 7.50. The van der Waals surface area contributed by atoms with Crippen LogP contribution in [0.15, 0.2) is 41.6 Å². The SMILES string of the molecule is CC(CN(N=CN)c1ccc(NC(=O)C2(C#N)CC2)cn1)NC(=O)c1cc(Cl)cc(C(F)(F)F)c1. The number of nitrogens with zero attached hydrogens (tertiary/aromatic N) is 4. The molecule has 1 fully saturated rings. The Morgan fingerprint density at radius 2 is 2.09 bits per heavy atom. The van der Waals surface area contributed by atoms with Crippen molar-refractivity contribution in [3.05, 3.63) is 52.7 Å². The number of alkyl halides is 3. The number of hydrogen-bond acceptors (Lipinski definition) is 6. The van der Waals surface area contributed by atoms with E-state index in [1.54, 1.807) is 19.1 Å². The maximum Gasteiger partial charge on any atom is 0.416 e. The van der Waals surface area contributed by atoms with Crippen LogP contribution in [0.25, 0.3) is 0 Å². The van der Waals surface area contributed by atoms with Gasteiger partial charge in [-0.2, -0.15) is 23.5 Å². The van der Waals surface area contributed by atoms with Crippen LogP contribution < -0.4 is 21.4 Å². The number of hydrazone groups is 1. The number of pyridine rings is 1. The second-order valence-electron chi connectivity index (χ2n) is 8.00. The minimum atomic E-state index is -4.65. The third-order valence-corrected chi connectivity index (χ3v) is 5.40. The molecule has 0 aliphatic heterocycles. The van der Waals surface area contributed by atoms with Crippen molar-refractivity contribution in [2.24, 2.45) is 16.3 Å². The van der Waals surface area contributed by atoms with E-state index in [-0.39, 0.29) is 17.1 Å². The number of nitrogens with one attached hydrogen (secondary N) is 2. The molecule has 2 aromatic rings. The summed E-state index contributed by atoms with van der Waals surface area (Å²) in [5.74, 6) is -0.813. The summed E-state index contributed by atoms with van der Waals surface area (Å²) in [6.07, 6.45) is -1.23. The first-order chi connectivity index (χ1) is 16.5. The molecule has 9 nitrogen and oxygen atoms in total. The topological polar surface area (TPSA) is 136 Å². The molecule has 1 aromatic heterocycles. The highest BCUT2D eigenvalue weighted by Crippen LogP contribution is 2.45. The number of nitriles is 1. The largest absolute Gasteiger partial charge is 0.416 e. The van der Waals surface area contributed by atoms with Crippen LogP contribution in [0.5, 0.6) is 0 Å². The normalized spacial score (nSPS) is 15.2. The van der Waals surface area contributed by atoms with Gasteiger partial charge in [0.1, 0.15) is 17.6 Å². The zero-order valence-electron chi connectivity index (χ0n) is 18.4. The summed E-state index contributed by atoms with van der Waals surface area (Å²) < 4.78 is 39.1. The first-order valence-corrected chi connectivity index (χ1v) is 10.7. The Morgan fingerprint density at radius 3 is 2.63 bits per heavy atom. The molecule has 0 saturated heterocycles. The van der Waals surface area contributed by atoms with Gasteiger partial charge in [0, 0.05) is 16.6 Å². The van der Waals surface area contributed by atoms with E-state index < -0.39 is 35.0 Å². The number of halogens is 4. The summed E-state index contributed by atoms with van der Waals surface area (Å²) in [6.45, 7) is 1.69. The van der Waals surface area contributed by atoms with E-state index in [4.69, 9.17) is 22.6 Å². The number of aromatic nitrogens is 1. The average molecular weight is 508 g/mol. The second-order valence-corrected chi connectivity index (χ2v) is 8.44. The summed E-state index contributed by atoms with van der Waals surface area (Å²) in [4.78, 5) is 28.9. The van der Waals surface area contributed by atoms with Crippen LogP contribution in [0.4, 0.5) is 24.7 Å². The molecule has 1 aliphatic rings. The lowest BCUT2D eigenvalue weighted by atomic mass is 10.1. The maximum absolute atomic E-state index is 13.0. The quantitative estimate of drug-likeness (QED) is 0.284. The minimum absolute atomic E-state index is 0.0718. The summed E-state index contributed by atoms with van der Waals surface area (Å²) in [5, 5.41) is 19.5. The molecular weight excluding hydrogens is 487 g/mol. The number of carbonyl (C=O) groups is 2. The van der Waals surface area contributed by atoms with E-state index in [0.717, 1.165) is 24.5 Å². The molecule has 13 heteroatoms. The number of carbonyl (C=O) groups excluding carboxylic acids is 2.